The molecule has 3 N–H and O–H groups in total. The summed E-state index contributed by atoms with van der Waals surface area (Å²) in [6.45, 7) is 6.36. The highest BCUT2D eigenvalue weighted by molar-refractivity contribution is 5.85. The second kappa shape index (κ2) is 10.1. The monoisotopic (exact) mass is 347 g/mol. The second-order valence-corrected chi connectivity index (χ2v) is 5.84. The average Bonchev–Trinajstić information content (AvgIpc) is 2.79. The van der Waals surface area contributed by atoms with E-state index in [4.69, 9.17) is 5.73 Å². The Morgan fingerprint density at radius 2 is 2.00 bits per heavy atom. The van der Waals surface area contributed by atoms with E-state index < -0.39 is 0 Å². The molecule has 1 heterocycles. The predicted octanol–water partition coefficient (Wildman–Crippen LogP) is 2.20. The summed E-state index contributed by atoms with van der Waals surface area (Å²) in [4.78, 5) is 14.3. The van der Waals surface area contributed by atoms with Crippen LogP contribution in [-0.2, 0) is 11.3 Å². The first-order valence-corrected chi connectivity index (χ1v) is 7.38. The number of nitrogens with one attached hydrogen (secondary N) is 1. The molecule has 1 aliphatic rings. The number of rotatable bonds is 5. The highest BCUT2D eigenvalue weighted by Crippen LogP contribution is 2.20. The largest absolute Gasteiger partial charge is 0.352 e. The van der Waals surface area contributed by atoms with Gasteiger partial charge in [-0.2, -0.15) is 0 Å². The fourth-order valence-corrected chi connectivity index (χ4v) is 2.69. The maximum Gasteiger partial charge on any atom is 0.224 e. The quantitative estimate of drug-likeness (QED) is 0.858. The van der Waals surface area contributed by atoms with E-state index in [-0.39, 0.29) is 42.7 Å². The van der Waals surface area contributed by atoms with Crippen molar-refractivity contribution in [3.8, 4) is 0 Å². The van der Waals surface area contributed by atoms with Crippen molar-refractivity contribution >= 4 is 30.7 Å². The number of carbonyl (C=O) groups excluding carboxylic acids is 1. The Morgan fingerprint density at radius 3 is 2.59 bits per heavy atom. The van der Waals surface area contributed by atoms with Gasteiger partial charge in [-0.05, 0) is 18.9 Å². The van der Waals surface area contributed by atoms with Gasteiger partial charge in [-0.3, -0.25) is 9.69 Å². The van der Waals surface area contributed by atoms with E-state index in [9.17, 15) is 4.79 Å². The number of carbonyl (C=O) groups is 1. The molecule has 1 aromatic rings. The summed E-state index contributed by atoms with van der Waals surface area (Å²) < 4.78 is 0. The molecule has 3 unspecified atom stereocenters. The van der Waals surface area contributed by atoms with Crippen LogP contribution >= 0.6 is 24.8 Å². The van der Waals surface area contributed by atoms with Crippen LogP contribution in [0.2, 0.25) is 0 Å². The van der Waals surface area contributed by atoms with Crippen molar-refractivity contribution in [2.75, 3.05) is 13.1 Å². The number of nitrogens with two attached hydrogens (primary N) is 1. The third-order valence-corrected chi connectivity index (χ3v) is 4.08. The van der Waals surface area contributed by atoms with E-state index >= 15 is 0 Å². The van der Waals surface area contributed by atoms with Gasteiger partial charge in [-0.15, -0.1) is 24.8 Å². The van der Waals surface area contributed by atoms with Crippen LogP contribution in [0.3, 0.4) is 0 Å². The molecule has 1 saturated heterocycles. The Labute approximate surface area is 145 Å². The van der Waals surface area contributed by atoms with Gasteiger partial charge in [-0.25, -0.2) is 0 Å². The number of likely N-dealkylation sites (tertiary alicyclic amines) is 1. The Morgan fingerprint density at radius 1 is 1.36 bits per heavy atom. The van der Waals surface area contributed by atoms with Gasteiger partial charge in [0.15, 0.2) is 0 Å². The van der Waals surface area contributed by atoms with Crippen LogP contribution in [0.25, 0.3) is 0 Å². The molecule has 1 aliphatic heterocycles. The number of halogens is 2. The van der Waals surface area contributed by atoms with Crippen LogP contribution in [0.5, 0.6) is 0 Å². The first-order valence-electron chi connectivity index (χ1n) is 7.38. The van der Waals surface area contributed by atoms with E-state index in [0.29, 0.717) is 12.6 Å². The third kappa shape index (κ3) is 5.76. The second-order valence-electron chi connectivity index (χ2n) is 5.84. The van der Waals surface area contributed by atoms with E-state index in [1.807, 2.05) is 13.0 Å². The Balaban J connectivity index is 0.00000220. The molecule has 4 nitrogen and oxygen atoms in total. The molecular formula is C16H27Cl2N3O. The third-order valence-electron chi connectivity index (χ3n) is 4.08. The van der Waals surface area contributed by atoms with Crippen LogP contribution in [0.1, 0.15) is 25.8 Å². The molecule has 0 spiro atoms. The maximum atomic E-state index is 11.9. The summed E-state index contributed by atoms with van der Waals surface area (Å²) in [5.41, 5.74) is 6.85. The first-order chi connectivity index (χ1) is 9.60. The standard InChI is InChI=1S/C16H25N3O.2ClH/c1-12(9-17)16(20)18-15-8-13(2)19(11-15)10-14-6-4-3-5-7-14;;/h3-7,12-13,15H,8-11,17H2,1-2H3,(H,18,20);2*1H. The summed E-state index contributed by atoms with van der Waals surface area (Å²) in [6, 6.07) is 11.2. The van der Waals surface area contributed by atoms with Crippen LogP contribution in [0.4, 0.5) is 0 Å². The Bertz CT molecular complexity index is 444. The fraction of sp³-hybridized carbons (Fsp3) is 0.562. The van der Waals surface area contributed by atoms with Crippen molar-refractivity contribution in [2.24, 2.45) is 11.7 Å². The molecule has 6 heteroatoms. The van der Waals surface area contributed by atoms with Gasteiger partial charge < -0.3 is 11.1 Å². The van der Waals surface area contributed by atoms with Crippen LogP contribution in [0.15, 0.2) is 30.3 Å². The molecule has 126 valence electrons. The molecule has 0 saturated carbocycles. The number of amides is 1. The summed E-state index contributed by atoms with van der Waals surface area (Å²) in [6.07, 6.45) is 1.01. The lowest BCUT2D eigenvalue weighted by molar-refractivity contribution is -0.124. The van der Waals surface area contributed by atoms with Crippen LogP contribution in [0, 0.1) is 5.92 Å². The zero-order valence-corrected chi connectivity index (χ0v) is 14.8. The van der Waals surface area contributed by atoms with Crippen molar-refractivity contribution in [3.05, 3.63) is 35.9 Å². The van der Waals surface area contributed by atoms with E-state index in [1.165, 1.54) is 5.56 Å². The van der Waals surface area contributed by atoms with Gasteiger partial charge in [0.2, 0.25) is 5.91 Å². The van der Waals surface area contributed by atoms with Gasteiger partial charge in [0.1, 0.15) is 0 Å². The number of hydrogen-bond acceptors (Lipinski definition) is 3. The number of nitrogens with zero attached hydrogens (tertiary/aromatic N) is 1. The van der Waals surface area contributed by atoms with Gasteiger partial charge in [0.05, 0.1) is 0 Å². The highest BCUT2D eigenvalue weighted by Gasteiger charge is 2.30. The molecule has 0 bridgehead atoms. The minimum Gasteiger partial charge on any atom is -0.352 e. The van der Waals surface area contributed by atoms with Crippen molar-refractivity contribution in [1.29, 1.82) is 0 Å². The Hall–Kier alpha value is -0.810. The van der Waals surface area contributed by atoms with E-state index in [0.717, 1.165) is 19.5 Å². The average molecular weight is 348 g/mol. The lowest BCUT2D eigenvalue weighted by Crippen LogP contribution is -2.41. The molecule has 0 aliphatic carbocycles. The van der Waals surface area contributed by atoms with Crippen molar-refractivity contribution in [1.82, 2.24) is 10.2 Å². The van der Waals surface area contributed by atoms with E-state index in [2.05, 4.69) is 41.4 Å². The minimum atomic E-state index is -0.103. The highest BCUT2D eigenvalue weighted by atomic mass is 35.5. The summed E-state index contributed by atoms with van der Waals surface area (Å²) in [5.74, 6) is -0.0280. The van der Waals surface area contributed by atoms with Crippen molar-refractivity contribution in [2.45, 2.75) is 38.9 Å². The fourth-order valence-electron chi connectivity index (χ4n) is 2.69. The summed E-state index contributed by atoms with van der Waals surface area (Å²) in [7, 11) is 0. The Kier molecular flexibility index (Phi) is 9.69. The minimum absolute atomic E-state index is 0. The molecule has 1 aromatic carbocycles. The topological polar surface area (TPSA) is 58.4 Å². The SMILES string of the molecule is CC(CN)C(=O)NC1CC(C)N(Cc2ccccc2)C1.Cl.Cl. The normalized spacial score (nSPS) is 22.3. The van der Waals surface area contributed by atoms with Gasteiger partial charge in [-0.1, -0.05) is 37.3 Å². The lowest BCUT2D eigenvalue weighted by atomic mass is 10.1. The zero-order chi connectivity index (χ0) is 14.5. The van der Waals surface area contributed by atoms with E-state index in [1.54, 1.807) is 0 Å². The van der Waals surface area contributed by atoms with Gasteiger partial charge in [0, 0.05) is 37.6 Å². The molecular weight excluding hydrogens is 321 g/mol. The molecule has 22 heavy (non-hydrogen) atoms. The predicted molar refractivity (Wildman–Crippen MR) is 95.6 cm³/mol. The maximum absolute atomic E-state index is 11.9. The van der Waals surface area contributed by atoms with Crippen molar-refractivity contribution in [3.63, 3.8) is 0 Å². The summed E-state index contributed by atoms with van der Waals surface area (Å²) in [5, 5.41) is 3.12. The molecule has 1 fully saturated rings. The smallest absolute Gasteiger partial charge is 0.224 e. The van der Waals surface area contributed by atoms with Gasteiger partial charge >= 0.3 is 0 Å². The first kappa shape index (κ1) is 21.2. The zero-order valence-electron chi connectivity index (χ0n) is 13.2. The van der Waals surface area contributed by atoms with Gasteiger partial charge in [0.25, 0.3) is 0 Å². The lowest BCUT2D eigenvalue weighted by Gasteiger charge is -2.21. The van der Waals surface area contributed by atoms with Crippen LogP contribution in [-0.4, -0.2) is 36.0 Å². The number of benzene rings is 1. The molecule has 0 aromatic heterocycles. The number of hydrogen-bond donors (Lipinski definition) is 2. The van der Waals surface area contributed by atoms with Crippen molar-refractivity contribution < 1.29 is 4.79 Å². The molecule has 3 atom stereocenters. The molecule has 0 radical (unpaired) electrons. The summed E-state index contributed by atoms with van der Waals surface area (Å²) >= 11 is 0. The molecule has 1 amide bonds. The molecule has 2 rings (SSSR count). The van der Waals surface area contributed by atoms with Crippen LogP contribution < -0.4 is 11.1 Å².